The van der Waals surface area contributed by atoms with Crippen LogP contribution in [-0.2, 0) is 16.6 Å². The van der Waals surface area contributed by atoms with Gasteiger partial charge in [0.15, 0.2) is 5.75 Å². The number of halogens is 1. The maximum Gasteiger partial charge on any atom is 0.225 e. The van der Waals surface area contributed by atoms with E-state index in [-0.39, 0.29) is 6.54 Å². The van der Waals surface area contributed by atoms with Crippen molar-refractivity contribution in [2.24, 2.45) is 0 Å². The van der Waals surface area contributed by atoms with Gasteiger partial charge in [0.05, 0.1) is 6.07 Å². The van der Waals surface area contributed by atoms with E-state index in [4.69, 9.17) is 5.26 Å². The Kier molecular flexibility index (Phi) is 4.27. The largest absolute Gasteiger partial charge is 0.225 e. The molecule has 6 heteroatoms. The van der Waals surface area contributed by atoms with E-state index in [0.717, 1.165) is 10.0 Å². The molecule has 0 spiro atoms. The van der Waals surface area contributed by atoms with Crippen molar-refractivity contribution in [2.45, 2.75) is 6.54 Å². The van der Waals surface area contributed by atoms with Gasteiger partial charge in [0.25, 0.3) is 0 Å². The molecule has 15 heavy (non-hydrogen) atoms. The third kappa shape index (κ3) is 4.42. The molecular weight excluding hydrogens is 280 g/mol. The van der Waals surface area contributed by atoms with Crippen molar-refractivity contribution in [1.82, 2.24) is 4.72 Å². The lowest BCUT2D eigenvalue weighted by atomic mass is 10.2. The Morgan fingerprint density at radius 3 is 2.80 bits per heavy atom. The molecule has 0 fully saturated rings. The van der Waals surface area contributed by atoms with Crippen molar-refractivity contribution in [1.29, 1.82) is 5.26 Å². The lowest BCUT2D eigenvalue weighted by Crippen LogP contribution is -2.25. The van der Waals surface area contributed by atoms with Crippen molar-refractivity contribution in [3.63, 3.8) is 0 Å². The molecule has 1 rings (SSSR count). The summed E-state index contributed by atoms with van der Waals surface area (Å²) in [6, 6.07) is 8.89. The number of nitriles is 1. The van der Waals surface area contributed by atoms with Crippen LogP contribution >= 0.6 is 15.9 Å². The van der Waals surface area contributed by atoms with Gasteiger partial charge in [-0.05, 0) is 17.7 Å². The van der Waals surface area contributed by atoms with E-state index < -0.39 is 15.8 Å². The molecule has 0 saturated heterocycles. The fourth-order valence-electron chi connectivity index (χ4n) is 0.976. The molecule has 0 amide bonds. The minimum atomic E-state index is -3.47. The van der Waals surface area contributed by atoms with E-state index >= 15 is 0 Å². The Morgan fingerprint density at radius 2 is 2.20 bits per heavy atom. The lowest BCUT2D eigenvalue weighted by molar-refractivity contribution is 0.585. The number of nitrogens with one attached hydrogen (secondary N) is 1. The van der Waals surface area contributed by atoms with Gasteiger partial charge in [-0.3, -0.25) is 0 Å². The van der Waals surface area contributed by atoms with Gasteiger partial charge in [0.2, 0.25) is 10.0 Å². The number of rotatable bonds is 4. The van der Waals surface area contributed by atoms with Crippen LogP contribution in [0.3, 0.4) is 0 Å². The number of sulfonamides is 1. The topological polar surface area (TPSA) is 70.0 Å². The lowest BCUT2D eigenvalue weighted by Gasteiger charge is -2.03. The standard InChI is InChI=1S/C9H9BrN2O2S/c10-9-3-1-2-8(6-9)7-12-15(13,14)5-4-11/h1-3,6,12H,5,7H2. The molecule has 0 radical (unpaired) electrons. The maximum absolute atomic E-state index is 11.1. The van der Waals surface area contributed by atoms with Crippen LogP contribution in [0, 0.1) is 11.3 Å². The third-order valence-electron chi connectivity index (χ3n) is 1.64. The molecule has 0 atom stereocenters. The van der Waals surface area contributed by atoms with E-state index in [1.807, 2.05) is 18.2 Å². The molecule has 0 bridgehead atoms. The van der Waals surface area contributed by atoms with Crippen LogP contribution in [0.1, 0.15) is 5.56 Å². The SMILES string of the molecule is N#CCS(=O)(=O)NCc1cccc(Br)c1. The van der Waals surface area contributed by atoms with Crippen LogP contribution in [0.15, 0.2) is 28.7 Å². The molecule has 0 saturated carbocycles. The first-order valence-corrected chi connectivity index (χ1v) is 6.57. The van der Waals surface area contributed by atoms with Crippen LogP contribution in [-0.4, -0.2) is 14.2 Å². The summed E-state index contributed by atoms with van der Waals surface area (Å²) >= 11 is 3.28. The van der Waals surface area contributed by atoms with Gasteiger partial charge in [0.1, 0.15) is 0 Å². The van der Waals surface area contributed by atoms with Gasteiger partial charge in [-0.25, -0.2) is 13.1 Å². The molecule has 0 heterocycles. The number of benzene rings is 1. The van der Waals surface area contributed by atoms with Crippen molar-refractivity contribution >= 4 is 26.0 Å². The quantitative estimate of drug-likeness (QED) is 0.910. The third-order valence-corrected chi connectivity index (χ3v) is 3.23. The summed E-state index contributed by atoms with van der Waals surface area (Å²) in [6.07, 6.45) is 0. The van der Waals surface area contributed by atoms with Crippen LogP contribution in [0.5, 0.6) is 0 Å². The summed E-state index contributed by atoms with van der Waals surface area (Å²) < 4.78 is 25.5. The summed E-state index contributed by atoms with van der Waals surface area (Å²) in [6.45, 7) is 0.198. The first kappa shape index (κ1) is 12.2. The molecule has 0 unspecified atom stereocenters. The fourth-order valence-corrected chi connectivity index (χ4v) is 2.08. The summed E-state index contributed by atoms with van der Waals surface area (Å²) in [5.41, 5.74) is 0.839. The average molecular weight is 289 g/mol. The number of hydrogen-bond acceptors (Lipinski definition) is 3. The van der Waals surface area contributed by atoms with E-state index in [1.165, 1.54) is 0 Å². The second kappa shape index (κ2) is 5.26. The average Bonchev–Trinajstić information content (AvgIpc) is 2.15. The Bertz CT molecular complexity index is 479. The summed E-state index contributed by atoms with van der Waals surface area (Å²) in [4.78, 5) is 0. The molecule has 0 aliphatic heterocycles. The number of hydrogen-bond donors (Lipinski definition) is 1. The summed E-state index contributed by atoms with van der Waals surface area (Å²) in [5, 5.41) is 8.27. The van der Waals surface area contributed by atoms with Crippen molar-refractivity contribution in [3.8, 4) is 6.07 Å². The van der Waals surface area contributed by atoms with Crippen LogP contribution in [0.25, 0.3) is 0 Å². The second-order valence-corrected chi connectivity index (χ2v) is 5.59. The zero-order chi connectivity index (χ0) is 11.3. The first-order valence-electron chi connectivity index (χ1n) is 4.12. The molecule has 1 aromatic rings. The van der Waals surface area contributed by atoms with E-state index in [1.54, 1.807) is 12.1 Å². The molecule has 0 aliphatic carbocycles. The van der Waals surface area contributed by atoms with Gasteiger partial charge >= 0.3 is 0 Å². The van der Waals surface area contributed by atoms with Gasteiger partial charge < -0.3 is 0 Å². The molecule has 1 N–H and O–H groups in total. The fraction of sp³-hybridized carbons (Fsp3) is 0.222. The highest BCUT2D eigenvalue weighted by atomic mass is 79.9. The number of nitrogens with zero attached hydrogens (tertiary/aromatic N) is 1. The van der Waals surface area contributed by atoms with E-state index in [9.17, 15) is 8.42 Å². The van der Waals surface area contributed by atoms with Crippen molar-refractivity contribution < 1.29 is 8.42 Å². The van der Waals surface area contributed by atoms with E-state index in [2.05, 4.69) is 20.7 Å². The normalized spacial score (nSPS) is 10.9. The highest BCUT2D eigenvalue weighted by Gasteiger charge is 2.08. The van der Waals surface area contributed by atoms with Gasteiger partial charge in [0, 0.05) is 11.0 Å². The Hall–Kier alpha value is -0.900. The van der Waals surface area contributed by atoms with E-state index in [0.29, 0.717) is 0 Å². The van der Waals surface area contributed by atoms with Crippen molar-refractivity contribution in [3.05, 3.63) is 34.3 Å². The molecule has 0 aliphatic rings. The minimum absolute atomic E-state index is 0.198. The first-order chi connectivity index (χ1) is 7.03. The Morgan fingerprint density at radius 1 is 1.47 bits per heavy atom. The maximum atomic E-state index is 11.1. The van der Waals surface area contributed by atoms with Gasteiger partial charge in [-0.2, -0.15) is 5.26 Å². The molecule has 80 valence electrons. The molecule has 0 aromatic heterocycles. The summed E-state index contributed by atoms with van der Waals surface area (Å²) in [7, 11) is -3.47. The van der Waals surface area contributed by atoms with Gasteiger partial charge in [-0.1, -0.05) is 28.1 Å². The second-order valence-electron chi connectivity index (χ2n) is 2.87. The molecule has 1 aromatic carbocycles. The van der Waals surface area contributed by atoms with Crippen molar-refractivity contribution in [2.75, 3.05) is 5.75 Å². The predicted octanol–water partition coefficient (Wildman–Crippen LogP) is 1.39. The van der Waals surface area contributed by atoms with Crippen LogP contribution < -0.4 is 4.72 Å². The van der Waals surface area contributed by atoms with Crippen LogP contribution in [0.2, 0.25) is 0 Å². The highest BCUT2D eigenvalue weighted by Crippen LogP contribution is 2.11. The highest BCUT2D eigenvalue weighted by molar-refractivity contribution is 9.10. The monoisotopic (exact) mass is 288 g/mol. The predicted molar refractivity (Wildman–Crippen MR) is 60.4 cm³/mol. The molecular formula is C9H9BrN2O2S. The zero-order valence-corrected chi connectivity index (χ0v) is 10.2. The zero-order valence-electron chi connectivity index (χ0n) is 7.77. The Balaban J connectivity index is 2.62. The minimum Gasteiger partial charge on any atom is -0.211 e. The molecule has 4 nitrogen and oxygen atoms in total. The van der Waals surface area contributed by atoms with Gasteiger partial charge in [-0.15, -0.1) is 0 Å². The smallest absolute Gasteiger partial charge is 0.211 e. The van der Waals surface area contributed by atoms with Crippen LogP contribution in [0.4, 0.5) is 0 Å². The summed E-state index contributed by atoms with van der Waals surface area (Å²) in [5.74, 6) is -0.513. The Labute approximate surface area is 97.1 Å².